The predicted molar refractivity (Wildman–Crippen MR) is 66.4 cm³/mol. The quantitative estimate of drug-likeness (QED) is 0.615. The Balaban J connectivity index is 3.31. The molecule has 0 aliphatic heterocycles. The van der Waals surface area contributed by atoms with E-state index in [0.717, 1.165) is 13.0 Å². The molecule has 0 aliphatic rings. The van der Waals surface area contributed by atoms with Gasteiger partial charge in [-0.05, 0) is 24.8 Å². The molecule has 0 fully saturated rings. The van der Waals surface area contributed by atoms with Crippen LogP contribution in [0.5, 0.6) is 0 Å². The first-order valence-electron chi connectivity index (χ1n) is 5.69. The summed E-state index contributed by atoms with van der Waals surface area (Å²) in [6.07, 6.45) is 1.08. The number of nitrogens with two attached hydrogens (primary N) is 1. The van der Waals surface area contributed by atoms with Gasteiger partial charge in [-0.15, -0.1) is 0 Å². The first kappa shape index (κ1) is 15.1. The molecule has 0 spiro atoms. The Bertz CT molecular complexity index is 174. The molecule has 0 aliphatic carbocycles. The number of ether oxygens (including phenoxy) is 1. The van der Waals surface area contributed by atoms with Gasteiger partial charge in [0.15, 0.2) is 0 Å². The maximum Gasteiger partial charge on any atom is 0.0581 e. The van der Waals surface area contributed by atoms with Crippen LogP contribution in [-0.4, -0.2) is 35.5 Å². The van der Waals surface area contributed by atoms with Crippen molar-refractivity contribution in [3.05, 3.63) is 0 Å². The molecular formula is C11H25NO2S. The normalized spacial score (nSPS) is 15.5. The summed E-state index contributed by atoms with van der Waals surface area (Å²) < 4.78 is 16.9. The van der Waals surface area contributed by atoms with Crippen molar-refractivity contribution in [2.75, 3.05) is 31.3 Å². The minimum atomic E-state index is -0.769. The summed E-state index contributed by atoms with van der Waals surface area (Å²) in [5.41, 5.74) is 5.46. The lowest BCUT2D eigenvalue weighted by Crippen LogP contribution is -2.20. The third-order valence-electron chi connectivity index (χ3n) is 2.17. The van der Waals surface area contributed by atoms with Crippen LogP contribution in [-0.2, 0) is 15.5 Å². The van der Waals surface area contributed by atoms with Gasteiger partial charge in [0.2, 0.25) is 0 Å². The van der Waals surface area contributed by atoms with Crippen LogP contribution in [0.2, 0.25) is 0 Å². The highest BCUT2D eigenvalue weighted by Gasteiger charge is 2.05. The molecule has 0 aromatic rings. The minimum absolute atomic E-state index is 0.349. The topological polar surface area (TPSA) is 52.3 Å². The largest absolute Gasteiger partial charge is 0.380 e. The van der Waals surface area contributed by atoms with Crippen molar-refractivity contribution >= 4 is 10.8 Å². The van der Waals surface area contributed by atoms with Crippen LogP contribution in [0.15, 0.2) is 0 Å². The van der Waals surface area contributed by atoms with Crippen LogP contribution in [0.3, 0.4) is 0 Å². The molecule has 0 heterocycles. The Hall–Kier alpha value is 0.0700. The highest BCUT2D eigenvalue weighted by atomic mass is 32.2. The fourth-order valence-corrected chi connectivity index (χ4v) is 2.28. The smallest absolute Gasteiger partial charge is 0.0581 e. The lowest BCUT2D eigenvalue weighted by atomic mass is 10.1. The van der Waals surface area contributed by atoms with Crippen molar-refractivity contribution in [1.29, 1.82) is 0 Å². The molecule has 0 saturated heterocycles. The zero-order chi connectivity index (χ0) is 11.7. The van der Waals surface area contributed by atoms with E-state index in [0.29, 0.717) is 36.5 Å². The van der Waals surface area contributed by atoms with Gasteiger partial charge in [0.05, 0.1) is 6.61 Å². The maximum absolute atomic E-state index is 11.5. The van der Waals surface area contributed by atoms with Gasteiger partial charge in [-0.1, -0.05) is 20.8 Å². The monoisotopic (exact) mass is 235 g/mol. The highest BCUT2D eigenvalue weighted by molar-refractivity contribution is 7.85. The van der Waals surface area contributed by atoms with Gasteiger partial charge in [0, 0.05) is 28.9 Å². The SMILES string of the molecule is CC(C)CCOCCS(=O)CC(C)CN. The Morgan fingerprint density at radius 2 is 1.93 bits per heavy atom. The molecule has 0 aromatic carbocycles. The zero-order valence-corrected chi connectivity index (χ0v) is 11.0. The minimum Gasteiger partial charge on any atom is -0.380 e. The molecule has 0 bridgehead atoms. The Kier molecular flexibility index (Phi) is 9.35. The average molecular weight is 235 g/mol. The van der Waals surface area contributed by atoms with E-state index in [4.69, 9.17) is 10.5 Å². The summed E-state index contributed by atoms with van der Waals surface area (Å²) in [5, 5.41) is 0. The van der Waals surface area contributed by atoms with Crippen molar-refractivity contribution in [1.82, 2.24) is 0 Å². The molecule has 0 radical (unpaired) electrons. The van der Waals surface area contributed by atoms with E-state index in [1.165, 1.54) is 0 Å². The first-order valence-corrected chi connectivity index (χ1v) is 7.17. The molecule has 92 valence electrons. The van der Waals surface area contributed by atoms with Crippen molar-refractivity contribution in [3.63, 3.8) is 0 Å². The highest BCUT2D eigenvalue weighted by Crippen LogP contribution is 2.00. The predicted octanol–water partition coefficient (Wildman–Crippen LogP) is 1.39. The fraction of sp³-hybridized carbons (Fsp3) is 1.00. The molecule has 2 N–H and O–H groups in total. The molecule has 0 saturated carbocycles. The summed E-state index contributed by atoms with van der Waals surface area (Å²) >= 11 is 0. The van der Waals surface area contributed by atoms with Crippen LogP contribution in [0, 0.1) is 11.8 Å². The molecule has 0 amide bonds. The molecule has 2 unspecified atom stereocenters. The lowest BCUT2D eigenvalue weighted by molar-refractivity contribution is 0.138. The van der Waals surface area contributed by atoms with E-state index in [1.807, 2.05) is 6.92 Å². The van der Waals surface area contributed by atoms with Crippen LogP contribution < -0.4 is 5.73 Å². The van der Waals surface area contributed by atoms with Gasteiger partial charge < -0.3 is 10.5 Å². The number of rotatable bonds is 9. The van der Waals surface area contributed by atoms with Gasteiger partial charge >= 0.3 is 0 Å². The number of hydrogen-bond acceptors (Lipinski definition) is 3. The molecule has 0 rings (SSSR count). The van der Waals surface area contributed by atoms with Gasteiger partial charge in [0.1, 0.15) is 0 Å². The summed E-state index contributed by atoms with van der Waals surface area (Å²) in [5.74, 6) is 2.36. The van der Waals surface area contributed by atoms with E-state index in [1.54, 1.807) is 0 Å². The van der Waals surface area contributed by atoms with Crippen LogP contribution >= 0.6 is 0 Å². The second-order valence-electron chi connectivity index (χ2n) is 4.45. The van der Waals surface area contributed by atoms with Gasteiger partial charge in [-0.2, -0.15) is 0 Å². The zero-order valence-electron chi connectivity index (χ0n) is 10.2. The van der Waals surface area contributed by atoms with Crippen molar-refractivity contribution in [2.45, 2.75) is 27.2 Å². The Morgan fingerprint density at radius 1 is 1.27 bits per heavy atom. The molecule has 2 atom stereocenters. The van der Waals surface area contributed by atoms with Gasteiger partial charge in [-0.25, -0.2) is 0 Å². The summed E-state index contributed by atoms with van der Waals surface area (Å²) in [6, 6.07) is 0. The summed E-state index contributed by atoms with van der Waals surface area (Å²) in [7, 11) is -0.769. The average Bonchev–Trinajstić information content (AvgIpc) is 2.16. The van der Waals surface area contributed by atoms with E-state index < -0.39 is 10.8 Å². The van der Waals surface area contributed by atoms with Crippen LogP contribution in [0.1, 0.15) is 27.2 Å². The second kappa shape index (κ2) is 9.31. The molecule has 0 aromatic heterocycles. The standard InChI is InChI=1S/C11H25NO2S/c1-10(2)4-5-14-6-7-15(13)9-11(3)8-12/h10-11H,4-9,12H2,1-3H3. The maximum atomic E-state index is 11.5. The van der Waals surface area contributed by atoms with E-state index in [2.05, 4.69) is 13.8 Å². The van der Waals surface area contributed by atoms with Crippen LogP contribution in [0.4, 0.5) is 0 Å². The summed E-state index contributed by atoms with van der Waals surface area (Å²) in [6.45, 7) is 8.37. The Morgan fingerprint density at radius 3 is 2.47 bits per heavy atom. The molecule has 15 heavy (non-hydrogen) atoms. The number of hydrogen-bond donors (Lipinski definition) is 1. The van der Waals surface area contributed by atoms with Gasteiger partial charge in [-0.3, -0.25) is 4.21 Å². The summed E-state index contributed by atoms with van der Waals surface area (Å²) in [4.78, 5) is 0. The van der Waals surface area contributed by atoms with Gasteiger partial charge in [0.25, 0.3) is 0 Å². The second-order valence-corrected chi connectivity index (χ2v) is 6.07. The molecular weight excluding hydrogens is 210 g/mol. The van der Waals surface area contributed by atoms with Crippen LogP contribution in [0.25, 0.3) is 0 Å². The molecule has 3 nitrogen and oxygen atoms in total. The van der Waals surface area contributed by atoms with Crippen molar-refractivity contribution in [3.8, 4) is 0 Å². The van der Waals surface area contributed by atoms with Crippen molar-refractivity contribution < 1.29 is 8.95 Å². The third kappa shape index (κ3) is 10.4. The van der Waals surface area contributed by atoms with E-state index >= 15 is 0 Å². The Labute approximate surface area is 96.2 Å². The van der Waals surface area contributed by atoms with Crippen molar-refractivity contribution in [2.24, 2.45) is 17.6 Å². The fourth-order valence-electron chi connectivity index (χ4n) is 1.04. The third-order valence-corrected chi connectivity index (χ3v) is 3.73. The van der Waals surface area contributed by atoms with E-state index in [9.17, 15) is 4.21 Å². The molecule has 4 heteroatoms. The van der Waals surface area contributed by atoms with E-state index in [-0.39, 0.29) is 0 Å². The lowest BCUT2D eigenvalue weighted by Gasteiger charge is -2.09. The first-order chi connectivity index (χ1) is 7.06.